The van der Waals surface area contributed by atoms with Gasteiger partial charge in [-0.1, -0.05) is 104 Å². The first kappa shape index (κ1) is 36.2. The number of rotatable bonds is 28. The number of carbonyl (C=O) groups is 2. The second-order valence-electron chi connectivity index (χ2n) is 11.2. The molecule has 220 valence electrons. The number of aliphatic hydroxyl groups excluding tert-OH is 1. The second kappa shape index (κ2) is 26.8. The number of hydrogen-bond acceptors (Lipinski definition) is 5. The third-order valence-corrected chi connectivity index (χ3v) is 7.37. The fourth-order valence-electron chi connectivity index (χ4n) is 4.77. The van der Waals surface area contributed by atoms with Gasteiger partial charge in [0.25, 0.3) is 0 Å². The molecule has 0 aliphatic heterocycles. The Bertz CT molecular complexity index is 534. The van der Waals surface area contributed by atoms with E-state index < -0.39 is 12.2 Å². The Hall–Kier alpha value is -0.790. The summed E-state index contributed by atoms with van der Waals surface area (Å²) in [6, 6.07) is 0.226. The van der Waals surface area contributed by atoms with Crippen LogP contribution < -0.4 is 10.6 Å². The second-order valence-corrected chi connectivity index (χ2v) is 11.6. The van der Waals surface area contributed by atoms with Gasteiger partial charge in [0.15, 0.2) is 0 Å². The molecule has 6 nitrogen and oxygen atoms in total. The Morgan fingerprint density at radius 2 is 1.14 bits per heavy atom. The van der Waals surface area contributed by atoms with Crippen molar-refractivity contribution in [3.8, 4) is 0 Å². The van der Waals surface area contributed by atoms with E-state index in [1.807, 2.05) is 0 Å². The number of unbranched alkanes of at least 4 members (excludes halogenated alkanes) is 15. The van der Waals surface area contributed by atoms with Gasteiger partial charge in [-0.2, -0.15) is 12.6 Å². The normalized spacial score (nSPS) is 13.1. The Morgan fingerprint density at radius 1 is 0.703 bits per heavy atom. The summed E-state index contributed by atoms with van der Waals surface area (Å²) in [6.45, 7) is 4.97. The van der Waals surface area contributed by atoms with Crippen molar-refractivity contribution in [2.45, 2.75) is 161 Å². The highest BCUT2D eigenvalue weighted by Crippen LogP contribution is 2.14. The largest absolute Gasteiger partial charge is 0.481 e. The monoisotopic (exact) mass is 544 g/mol. The molecule has 0 radical (unpaired) electrons. The van der Waals surface area contributed by atoms with Crippen LogP contribution in [0.2, 0.25) is 0 Å². The molecule has 0 aromatic rings. The smallest absolute Gasteiger partial charge is 0.303 e. The van der Waals surface area contributed by atoms with Gasteiger partial charge in [0.05, 0.1) is 0 Å². The van der Waals surface area contributed by atoms with Crippen molar-refractivity contribution in [2.75, 3.05) is 12.3 Å². The quantitative estimate of drug-likeness (QED) is 0.0406. The fraction of sp³-hybridized carbons (Fsp3) is 0.933. The maximum atomic E-state index is 12.0. The van der Waals surface area contributed by atoms with Crippen LogP contribution in [0.15, 0.2) is 0 Å². The molecule has 0 aliphatic carbocycles. The molecule has 0 aromatic carbocycles. The summed E-state index contributed by atoms with van der Waals surface area (Å²) in [5.74, 6) is 0.749. The van der Waals surface area contributed by atoms with Gasteiger partial charge >= 0.3 is 5.97 Å². The van der Waals surface area contributed by atoms with E-state index in [1.54, 1.807) is 0 Å². The molecular formula is C30H60N2O4S. The minimum Gasteiger partial charge on any atom is -0.481 e. The number of amides is 1. The molecule has 7 heteroatoms. The average Bonchev–Trinajstić information content (AvgIpc) is 2.85. The van der Waals surface area contributed by atoms with E-state index in [4.69, 9.17) is 5.11 Å². The topological polar surface area (TPSA) is 98.7 Å². The minimum absolute atomic E-state index is 0.133. The Morgan fingerprint density at radius 3 is 1.54 bits per heavy atom. The van der Waals surface area contributed by atoms with Crippen LogP contribution in [0.25, 0.3) is 0 Å². The van der Waals surface area contributed by atoms with E-state index in [-0.39, 0.29) is 11.9 Å². The molecule has 2 atom stereocenters. The first-order chi connectivity index (χ1) is 17.8. The van der Waals surface area contributed by atoms with Crippen molar-refractivity contribution in [2.24, 2.45) is 5.92 Å². The highest BCUT2D eigenvalue weighted by Gasteiger charge is 2.13. The first-order valence-corrected chi connectivity index (χ1v) is 16.0. The lowest BCUT2D eigenvalue weighted by molar-refractivity contribution is -0.137. The SMILES string of the molecule is CC(C)C[C@@H](CS)NC(O)CCCNC(=O)CCCCCCCCCCCCCCCCCCC(=O)O. The molecule has 0 rings (SSSR count). The molecule has 0 heterocycles. The Labute approximate surface area is 233 Å². The van der Waals surface area contributed by atoms with Crippen molar-refractivity contribution < 1.29 is 19.8 Å². The zero-order valence-electron chi connectivity index (χ0n) is 24.2. The highest BCUT2D eigenvalue weighted by molar-refractivity contribution is 7.80. The molecule has 0 saturated carbocycles. The van der Waals surface area contributed by atoms with Crippen molar-refractivity contribution >= 4 is 24.5 Å². The summed E-state index contributed by atoms with van der Waals surface area (Å²) in [5.41, 5.74) is 0. The third-order valence-electron chi connectivity index (χ3n) is 6.93. The third kappa shape index (κ3) is 28.0. The standard InChI is InChI=1S/C30H60N2O4S/c1-26(2)24-27(25-37)32-29(34)21-19-23-31-28(33)20-17-15-13-11-9-7-5-3-4-6-8-10-12-14-16-18-22-30(35)36/h26-27,29,32,34,37H,3-25H2,1-2H3,(H,31,33)(H,35,36)/t27-,29?/m0/s1. The summed E-state index contributed by atoms with van der Waals surface area (Å²) in [7, 11) is 0. The van der Waals surface area contributed by atoms with Crippen molar-refractivity contribution in [3.63, 3.8) is 0 Å². The van der Waals surface area contributed by atoms with E-state index in [0.717, 1.165) is 38.5 Å². The van der Waals surface area contributed by atoms with Gasteiger partial charge in [-0.15, -0.1) is 0 Å². The van der Waals surface area contributed by atoms with Crippen LogP contribution in [0.4, 0.5) is 0 Å². The summed E-state index contributed by atoms with van der Waals surface area (Å²) in [6.07, 6.45) is 22.3. The zero-order valence-corrected chi connectivity index (χ0v) is 25.0. The van der Waals surface area contributed by atoms with Crippen molar-refractivity contribution in [3.05, 3.63) is 0 Å². The van der Waals surface area contributed by atoms with E-state index in [1.165, 1.54) is 77.0 Å². The van der Waals surface area contributed by atoms with Gasteiger partial charge < -0.3 is 15.5 Å². The lowest BCUT2D eigenvalue weighted by Gasteiger charge is -2.22. The van der Waals surface area contributed by atoms with E-state index in [9.17, 15) is 14.7 Å². The number of carboxylic acids is 1. The predicted molar refractivity (Wildman–Crippen MR) is 159 cm³/mol. The maximum Gasteiger partial charge on any atom is 0.303 e. The summed E-state index contributed by atoms with van der Waals surface area (Å²) >= 11 is 4.36. The minimum atomic E-state index is -0.673. The molecule has 1 unspecified atom stereocenters. The number of nitrogens with one attached hydrogen (secondary N) is 2. The molecule has 37 heavy (non-hydrogen) atoms. The van der Waals surface area contributed by atoms with Gasteiger partial charge in [0.2, 0.25) is 5.91 Å². The van der Waals surface area contributed by atoms with Crippen LogP contribution in [0.3, 0.4) is 0 Å². The van der Waals surface area contributed by atoms with Gasteiger partial charge in [0, 0.05) is 31.2 Å². The van der Waals surface area contributed by atoms with Crippen LogP contribution in [-0.2, 0) is 9.59 Å². The fourth-order valence-corrected chi connectivity index (χ4v) is 5.02. The average molecular weight is 545 g/mol. The number of aliphatic carboxylic acids is 1. The molecule has 0 aromatic heterocycles. The number of carboxylic acid groups (broad SMARTS) is 1. The lowest BCUT2D eigenvalue weighted by Crippen LogP contribution is -2.40. The summed E-state index contributed by atoms with van der Waals surface area (Å²) < 4.78 is 0. The van der Waals surface area contributed by atoms with Gasteiger partial charge in [0.1, 0.15) is 6.23 Å². The molecule has 0 aliphatic rings. The molecule has 1 amide bonds. The Balaban J connectivity index is 3.34. The summed E-state index contributed by atoms with van der Waals surface area (Å²) in [4.78, 5) is 22.5. The van der Waals surface area contributed by atoms with Crippen LogP contribution in [0, 0.1) is 5.92 Å². The van der Waals surface area contributed by atoms with E-state index in [0.29, 0.717) is 37.5 Å². The van der Waals surface area contributed by atoms with Gasteiger partial charge in [-0.05, 0) is 38.0 Å². The van der Waals surface area contributed by atoms with Crippen LogP contribution in [0.5, 0.6) is 0 Å². The van der Waals surface area contributed by atoms with Gasteiger partial charge in [-0.3, -0.25) is 14.9 Å². The van der Waals surface area contributed by atoms with Crippen molar-refractivity contribution in [1.29, 1.82) is 0 Å². The number of carbonyl (C=O) groups excluding carboxylic acids is 1. The molecular weight excluding hydrogens is 484 g/mol. The maximum absolute atomic E-state index is 12.0. The zero-order chi connectivity index (χ0) is 27.6. The first-order valence-electron chi connectivity index (χ1n) is 15.4. The van der Waals surface area contributed by atoms with Gasteiger partial charge in [-0.25, -0.2) is 0 Å². The highest BCUT2D eigenvalue weighted by atomic mass is 32.1. The van der Waals surface area contributed by atoms with Crippen molar-refractivity contribution in [1.82, 2.24) is 10.6 Å². The van der Waals surface area contributed by atoms with E-state index in [2.05, 4.69) is 37.1 Å². The van der Waals surface area contributed by atoms with Crippen LogP contribution in [-0.4, -0.2) is 46.7 Å². The Kier molecular flexibility index (Phi) is 26.2. The molecule has 0 saturated heterocycles. The molecule has 0 fully saturated rings. The molecule has 0 bridgehead atoms. The van der Waals surface area contributed by atoms with Crippen LogP contribution in [0.1, 0.15) is 149 Å². The molecule has 0 spiro atoms. The summed E-state index contributed by atoms with van der Waals surface area (Å²) in [5, 5.41) is 25.0. The number of aliphatic hydroxyl groups is 1. The molecule has 4 N–H and O–H groups in total. The van der Waals surface area contributed by atoms with Crippen LogP contribution >= 0.6 is 12.6 Å². The lowest BCUT2D eigenvalue weighted by atomic mass is 10.0. The van der Waals surface area contributed by atoms with E-state index >= 15 is 0 Å². The number of thiol groups is 1. The predicted octanol–water partition coefficient (Wildman–Crippen LogP) is 7.24. The number of hydrogen-bond donors (Lipinski definition) is 5.